The number of hydrogen-bond donors (Lipinski definition) is 1. The molecule has 0 spiro atoms. The van der Waals surface area contributed by atoms with Crippen molar-refractivity contribution in [1.29, 1.82) is 0 Å². The Balaban J connectivity index is 2.22. The van der Waals surface area contributed by atoms with Crippen molar-refractivity contribution in [3.05, 3.63) is 78.0 Å². The van der Waals surface area contributed by atoms with Gasteiger partial charge in [-0.3, -0.25) is 4.90 Å². The van der Waals surface area contributed by atoms with Crippen LogP contribution in [0.4, 0.5) is 10.5 Å². The Labute approximate surface area is 125 Å². The molecular weight excluding hydrogens is 260 g/mol. The van der Waals surface area contributed by atoms with Gasteiger partial charge < -0.3 is 5.32 Å². The fraction of sp³-hybridized carbons (Fsp3) is 0.167. The van der Waals surface area contributed by atoms with Gasteiger partial charge in [-0.05, 0) is 31.5 Å². The third-order valence-electron chi connectivity index (χ3n) is 2.98. The summed E-state index contributed by atoms with van der Waals surface area (Å²) in [5.41, 5.74) is 3.02. The number of rotatable bonds is 4. The van der Waals surface area contributed by atoms with Crippen molar-refractivity contribution in [2.45, 2.75) is 20.4 Å². The van der Waals surface area contributed by atoms with Crippen LogP contribution in [0.2, 0.25) is 0 Å². The first-order chi connectivity index (χ1) is 10.2. The van der Waals surface area contributed by atoms with E-state index in [0.717, 1.165) is 16.8 Å². The van der Waals surface area contributed by atoms with Gasteiger partial charge >= 0.3 is 6.03 Å². The van der Waals surface area contributed by atoms with E-state index in [1.54, 1.807) is 11.1 Å². The zero-order valence-corrected chi connectivity index (χ0v) is 12.4. The second-order valence-electron chi connectivity index (χ2n) is 5.08. The van der Waals surface area contributed by atoms with Crippen LogP contribution in [-0.4, -0.2) is 6.03 Å². The van der Waals surface area contributed by atoms with E-state index in [-0.39, 0.29) is 6.03 Å². The lowest BCUT2D eigenvalue weighted by molar-refractivity contribution is 0.249. The van der Waals surface area contributed by atoms with Gasteiger partial charge in [0.05, 0.1) is 6.54 Å². The maximum absolute atomic E-state index is 12.4. The summed E-state index contributed by atoms with van der Waals surface area (Å²) in [6, 6.07) is 19.5. The molecule has 0 saturated carbocycles. The third kappa shape index (κ3) is 4.49. The normalized spacial score (nSPS) is 9.81. The minimum absolute atomic E-state index is 0.133. The van der Waals surface area contributed by atoms with Crippen LogP contribution in [0.15, 0.2) is 72.4 Å². The van der Waals surface area contributed by atoms with Crippen LogP contribution >= 0.6 is 0 Å². The molecule has 0 unspecified atom stereocenters. The number of anilines is 1. The average molecular weight is 280 g/mol. The Morgan fingerprint density at radius 2 is 1.57 bits per heavy atom. The zero-order valence-electron chi connectivity index (χ0n) is 12.4. The predicted octanol–water partition coefficient (Wildman–Crippen LogP) is 4.33. The maximum atomic E-state index is 12.4. The van der Waals surface area contributed by atoms with E-state index in [0.29, 0.717) is 6.54 Å². The van der Waals surface area contributed by atoms with E-state index in [4.69, 9.17) is 0 Å². The Kier molecular flexibility index (Phi) is 5.16. The molecule has 0 aliphatic rings. The fourth-order valence-corrected chi connectivity index (χ4v) is 1.94. The van der Waals surface area contributed by atoms with Gasteiger partial charge in [0.1, 0.15) is 0 Å². The highest BCUT2D eigenvalue weighted by Gasteiger charge is 2.14. The molecule has 108 valence electrons. The molecule has 3 heteroatoms. The van der Waals surface area contributed by atoms with Crippen LogP contribution in [0.3, 0.4) is 0 Å². The van der Waals surface area contributed by atoms with Crippen LogP contribution in [-0.2, 0) is 6.54 Å². The molecule has 0 heterocycles. The van der Waals surface area contributed by atoms with Gasteiger partial charge in [0.2, 0.25) is 0 Å². The molecular formula is C18H20N2O. The predicted molar refractivity (Wildman–Crippen MR) is 87.0 cm³/mol. The first kappa shape index (κ1) is 14.9. The van der Waals surface area contributed by atoms with Gasteiger partial charge in [-0.2, -0.15) is 0 Å². The first-order valence-electron chi connectivity index (χ1n) is 6.97. The molecule has 0 fully saturated rings. The number of nitrogens with zero attached hydrogens (tertiary/aromatic N) is 1. The van der Waals surface area contributed by atoms with Crippen LogP contribution in [0.1, 0.15) is 19.4 Å². The van der Waals surface area contributed by atoms with E-state index in [2.05, 4.69) is 5.32 Å². The Hall–Kier alpha value is -2.55. The molecule has 0 aliphatic carbocycles. The Morgan fingerprint density at radius 1 is 1.00 bits per heavy atom. The molecule has 2 rings (SSSR count). The van der Waals surface area contributed by atoms with E-state index < -0.39 is 0 Å². The van der Waals surface area contributed by atoms with E-state index in [1.807, 2.05) is 74.5 Å². The number of benzene rings is 2. The van der Waals surface area contributed by atoms with Gasteiger partial charge in [0, 0.05) is 11.9 Å². The summed E-state index contributed by atoms with van der Waals surface area (Å²) < 4.78 is 0. The van der Waals surface area contributed by atoms with Crippen molar-refractivity contribution in [2.75, 3.05) is 4.90 Å². The van der Waals surface area contributed by atoms with Gasteiger partial charge in [0.25, 0.3) is 0 Å². The summed E-state index contributed by atoms with van der Waals surface area (Å²) in [6.45, 7) is 4.43. The van der Waals surface area contributed by atoms with Crippen molar-refractivity contribution in [2.24, 2.45) is 0 Å². The number of urea groups is 1. The molecule has 0 bridgehead atoms. The highest BCUT2D eigenvalue weighted by Crippen LogP contribution is 2.17. The lowest BCUT2D eigenvalue weighted by Gasteiger charge is -2.22. The van der Waals surface area contributed by atoms with E-state index >= 15 is 0 Å². The van der Waals surface area contributed by atoms with Crippen molar-refractivity contribution < 1.29 is 4.79 Å². The number of carbonyl (C=O) groups excluding carboxylic acids is 1. The van der Waals surface area contributed by atoms with Crippen molar-refractivity contribution in [1.82, 2.24) is 5.32 Å². The zero-order chi connectivity index (χ0) is 15.1. The number of nitrogens with one attached hydrogen (secondary N) is 1. The van der Waals surface area contributed by atoms with Crippen LogP contribution in [0.5, 0.6) is 0 Å². The van der Waals surface area contributed by atoms with Crippen LogP contribution in [0, 0.1) is 0 Å². The summed E-state index contributed by atoms with van der Waals surface area (Å²) in [6.07, 6.45) is 1.73. The number of carbonyl (C=O) groups is 1. The molecule has 0 aliphatic heterocycles. The molecule has 0 atom stereocenters. The Bertz CT molecular complexity index is 602. The lowest BCUT2D eigenvalue weighted by Crippen LogP contribution is -2.37. The lowest BCUT2D eigenvalue weighted by atomic mass is 10.2. The third-order valence-corrected chi connectivity index (χ3v) is 2.98. The quantitative estimate of drug-likeness (QED) is 0.888. The molecule has 21 heavy (non-hydrogen) atoms. The number of amides is 2. The van der Waals surface area contributed by atoms with E-state index in [1.165, 1.54) is 0 Å². The molecule has 0 radical (unpaired) electrons. The molecule has 2 aromatic rings. The minimum atomic E-state index is -0.133. The standard InChI is InChI=1S/C18H20N2O/c1-15(2)13-19-18(21)20(17-11-7-4-8-12-17)14-16-9-5-3-6-10-16/h3-13H,14H2,1-2H3,(H,19,21). The monoisotopic (exact) mass is 280 g/mol. The first-order valence-corrected chi connectivity index (χ1v) is 6.97. The molecule has 1 N–H and O–H groups in total. The van der Waals surface area contributed by atoms with Gasteiger partial charge in [-0.25, -0.2) is 4.79 Å². The van der Waals surface area contributed by atoms with Crippen molar-refractivity contribution >= 4 is 11.7 Å². The van der Waals surface area contributed by atoms with E-state index in [9.17, 15) is 4.79 Å². The number of allylic oxidation sites excluding steroid dienone is 1. The highest BCUT2D eigenvalue weighted by molar-refractivity contribution is 5.92. The second-order valence-corrected chi connectivity index (χ2v) is 5.08. The van der Waals surface area contributed by atoms with Gasteiger partial charge in [-0.1, -0.05) is 54.1 Å². The van der Waals surface area contributed by atoms with Gasteiger partial charge in [0.15, 0.2) is 0 Å². The SMILES string of the molecule is CC(C)=CNC(=O)N(Cc1ccccc1)c1ccccc1. The molecule has 2 aromatic carbocycles. The maximum Gasteiger partial charge on any atom is 0.326 e. The van der Waals surface area contributed by atoms with Crippen LogP contribution in [0.25, 0.3) is 0 Å². The van der Waals surface area contributed by atoms with Crippen molar-refractivity contribution in [3.8, 4) is 0 Å². The molecule has 0 saturated heterocycles. The molecule has 2 amide bonds. The van der Waals surface area contributed by atoms with Gasteiger partial charge in [-0.15, -0.1) is 0 Å². The highest BCUT2D eigenvalue weighted by atomic mass is 16.2. The second kappa shape index (κ2) is 7.29. The largest absolute Gasteiger partial charge is 0.326 e. The number of hydrogen-bond acceptors (Lipinski definition) is 1. The molecule has 3 nitrogen and oxygen atoms in total. The van der Waals surface area contributed by atoms with Crippen LogP contribution < -0.4 is 10.2 Å². The number of para-hydroxylation sites is 1. The summed E-state index contributed by atoms with van der Waals surface area (Å²) >= 11 is 0. The van der Waals surface area contributed by atoms with Crippen molar-refractivity contribution in [3.63, 3.8) is 0 Å². The fourth-order valence-electron chi connectivity index (χ4n) is 1.94. The smallest absolute Gasteiger partial charge is 0.314 e. The summed E-state index contributed by atoms with van der Waals surface area (Å²) in [5, 5.41) is 2.83. The average Bonchev–Trinajstić information content (AvgIpc) is 2.52. The summed E-state index contributed by atoms with van der Waals surface area (Å²) in [4.78, 5) is 14.2. The summed E-state index contributed by atoms with van der Waals surface area (Å²) in [5.74, 6) is 0. The topological polar surface area (TPSA) is 32.3 Å². The minimum Gasteiger partial charge on any atom is -0.314 e. The Morgan fingerprint density at radius 3 is 2.14 bits per heavy atom. The summed E-state index contributed by atoms with van der Waals surface area (Å²) in [7, 11) is 0. The molecule has 0 aromatic heterocycles.